The fourth-order valence-electron chi connectivity index (χ4n) is 3.48. The van der Waals surface area contributed by atoms with E-state index in [1.807, 2.05) is 13.0 Å². The first-order valence-electron chi connectivity index (χ1n) is 8.79. The number of aliphatic imine (C=N–C) groups is 1. The van der Waals surface area contributed by atoms with Crippen LogP contribution in [0.1, 0.15) is 45.6 Å². The second-order valence-corrected chi connectivity index (χ2v) is 6.34. The Bertz CT molecular complexity index is 1180. The van der Waals surface area contributed by atoms with Gasteiger partial charge in [-0.25, -0.2) is 14.2 Å². The Labute approximate surface area is 161 Å². The van der Waals surface area contributed by atoms with Crippen molar-refractivity contribution in [3.63, 3.8) is 0 Å². The van der Waals surface area contributed by atoms with E-state index in [-0.39, 0.29) is 12.2 Å². The molecule has 0 radical (unpaired) electrons. The summed E-state index contributed by atoms with van der Waals surface area (Å²) >= 11 is 0. The van der Waals surface area contributed by atoms with Crippen LogP contribution in [0.15, 0.2) is 47.5 Å². The van der Waals surface area contributed by atoms with Crippen molar-refractivity contribution >= 4 is 11.7 Å². The smallest absolute Gasteiger partial charge is 0.356 e. The van der Waals surface area contributed by atoms with Crippen LogP contribution in [-0.2, 0) is 13.0 Å². The predicted octanol–water partition coefficient (Wildman–Crippen LogP) is 3.60. The highest BCUT2D eigenvalue weighted by Crippen LogP contribution is 2.30. The Balaban J connectivity index is 2.07. The lowest BCUT2D eigenvalue weighted by Crippen LogP contribution is -2.11. The third-order valence-corrected chi connectivity index (χ3v) is 4.74. The number of carboxylic acids is 1. The van der Waals surface area contributed by atoms with E-state index in [0.717, 1.165) is 0 Å². The van der Waals surface area contributed by atoms with Crippen LogP contribution in [0.5, 0.6) is 0 Å². The summed E-state index contributed by atoms with van der Waals surface area (Å²) in [5.74, 6) is 1.67. The minimum absolute atomic E-state index is 0.0395. The van der Waals surface area contributed by atoms with Crippen LogP contribution < -0.4 is 0 Å². The maximum absolute atomic E-state index is 14.6. The molecule has 0 saturated carbocycles. The van der Waals surface area contributed by atoms with Gasteiger partial charge < -0.3 is 5.11 Å². The molecule has 0 saturated heterocycles. The molecule has 2 aromatic carbocycles. The quantitative estimate of drug-likeness (QED) is 0.713. The summed E-state index contributed by atoms with van der Waals surface area (Å²) in [5, 5.41) is 9.59. The lowest BCUT2D eigenvalue weighted by molar-refractivity contribution is 0.0689. The highest BCUT2D eigenvalue weighted by atomic mass is 19.1. The summed E-state index contributed by atoms with van der Waals surface area (Å²) in [7, 11) is 0. The fraction of sp³-hybridized carbons (Fsp3) is 0.136. The highest BCUT2D eigenvalue weighted by Gasteiger charge is 2.28. The van der Waals surface area contributed by atoms with Gasteiger partial charge in [-0.15, -0.1) is 6.42 Å². The number of aryl methyl sites for hydroxylation is 1. The van der Waals surface area contributed by atoms with Gasteiger partial charge in [0.05, 0.1) is 23.6 Å². The lowest BCUT2D eigenvalue weighted by atomic mass is 9.98. The SMILES string of the molecule is C#Cc1ccc2c(c1)C(c1ccccc1F)=NCc1c(C(=O)O)nc(CC)n1-2. The molecule has 1 aromatic heterocycles. The molecule has 2 heterocycles. The molecule has 1 aliphatic rings. The number of hydrogen-bond donors (Lipinski definition) is 1. The van der Waals surface area contributed by atoms with Crippen LogP contribution >= 0.6 is 0 Å². The maximum atomic E-state index is 14.6. The molecule has 0 atom stereocenters. The van der Waals surface area contributed by atoms with Gasteiger partial charge in [-0.3, -0.25) is 9.56 Å². The van der Waals surface area contributed by atoms with Gasteiger partial charge in [0.1, 0.15) is 11.6 Å². The molecular weight excluding hydrogens is 357 g/mol. The number of rotatable bonds is 3. The first kappa shape index (κ1) is 17.7. The Kier molecular flexibility index (Phi) is 4.28. The van der Waals surface area contributed by atoms with Gasteiger partial charge in [0.2, 0.25) is 0 Å². The van der Waals surface area contributed by atoms with E-state index in [9.17, 15) is 14.3 Å². The van der Waals surface area contributed by atoms with Crippen LogP contribution in [0, 0.1) is 18.2 Å². The zero-order chi connectivity index (χ0) is 19.8. The highest BCUT2D eigenvalue weighted by molar-refractivity contribution is 6.15. The van der Waals surface area contributed by atoms with E-state index in [4.69, 9.17) is 6.42 Å². The van der Waals surface area contributed by atoms with Crippen molar-refractivity contribution in [2.75, 3.05) is 0 Å². The molecule has 28 heavy (non-hydrogen) atoms. The average molecular weight is 373 g/mol. The predicted molar refractivity (Wildman–Crippen MR) is 104 cm³/mol. The van der Waals surface area contributed by atoms with Gasteiger partial charge in [-0.1, -0.05) is 25.0 Å². The summed E-state index contributed by atoms with van der Waals surface area (Å²) in [5.41, 5.74) is 3.16. The number of carbonyl (C=O) groups is 1. The Hall–Kier alpha value is -3.72. The molecule has 3 aromatic rings. The molecular formula is C22H16FN3O2. The topological polar surface area (TPSA) is 67.5 Å². The summed E-state index contributed by atoms with van der Waals surface area (Å²) in [6, 6.07) is 11.7. The van der Waals surface area contributed by atoms with E-state index in [0.29, 0.717) is 46.0 Å². The van der Waals surface area contributed by atoms with E-state index >= 15 is 0 Å². The molecule has 5 nitrogen and oxygen atoms in total. The standard InChI is InChI=1S/C22H16FN3O2/c1-3-13-9-10-17-15(11-13)20(14-7-5-6-8-16(14)23)24-12-18-21(22(27)28)25-19(4-2)26(17)18/h1,5-11H,4,12H2,2H3,(H,27,28). The Morgan fingerprint density at radius 3 is 2.75 bits per heavy atom. The molecule has 1 N–H and O–H groups in total. The van der Waals surface area contributed by atoms with Gasteiger partial charge in [0, 0.05) is 23.1 Å². The number of fused-ring (bicyclic) bond motifs is 3. The van der Waals surface area contributed by atoms with Gasteiger partial charge in [0.15, 0.2) is 5.69 Å². The van der Waals surface area contributed by atoms with E-state index < -0.39 is 11.8 Å². The number of nitrogens with zero attached hydrogens (tertiary/aromatic N) is 3. The molecule has 0 aliphatic carbocycles. The van der Waals surface area contributed by atoms with Crippen molar-refractivity contribution in [3.8, 4) is 18.0 Å². The van der Waals surface area contributed by atoms with Crippen molar-refractivity contribution in [2.45, 2.75) is 19.9 Å². The minimum Gasteiger partial charge on any atom is -0.476 e. The van der Waals surface area contributed by atoms with Crippen molar-refractivity contribution < 1.29 is 14.3 Å². The summed E-state index contributed by atoms with van der Waals surface area (Å²) in [4.78, 5) is 20.6. The monoisotopic (exact) mass is 373 g/mol. The van der Waals surface area contributed by atoms with Crippen LogP contribution in [-0.4, -0.2) is 26.3 Å². The Morgan fingerprint density at radius 2 is 2.07 bits per heavy atom. The minimum atomic E-state index is -1.12. The zero-order valence-corrected chi connectivity index (χ0v) is 15.1. The molecule has 6 heteroatoms. The molecule has 0 fully saturated rings. The van der Waals surface area contributed by atoms with Crippen molar-refractivity contribution in [1.29, 1.82) is 0 Å². The first-order valence-corrected chi connectivity index (χ1v) is 8.79. The molecule has 4 rings (SSSR count). The lowest BCUT2D eigenvalue weighted by Gasteiger charge is -2.14. The van der Waals surface area contributed by atoms with Gasteiger partial charge >= 0.3 is 5.97 Å². The number of carboxylic acid groups (broad SMARTS) is 1. The number of terminal acetylenes is 1. The maximum Gasteiger partial charge on any atom is 0.356 e. The molecule has 1 aliphatic heterocycles. The van der Waals surface area contributed by atoms with Crippen LogP contribution in [0.3, 0.4) is 0 Å². The van der Waals surface area contributed by atoms with E-state index in [1.165, 1.54) is 6.07 Å². The molecule has 0 bridgehead atoms. The van der Waals surface area contributed by atoms with Crippen LogP contribution in [0.2, 0.25) is 0 Å². The number of aromatic nitrogens is 2. The van der Waals surface area contributed by atoms with E-state index in [2.05, 4.69) is 15.9 Å². The average Bonchev–Trinajstić information content (AvgIpc) is 2.99. The van der Waals surface area contributed by atoms with Crippen molar-refractivity contribution in [1.82, 2.24) is 9.55 Å². The molecule has 138 valence electrons. The first-order chi connectivity index (χ1) is 13.5. The zero-order valence-electron chi connectivity index (χ0n) is 15.1. The molecule has 0 amide bonds. The van der Waals surface area contributed by atoms with Crippen molar-refractivity contribution in [2.24, 2.45) is 4.99 Å². The number of halogens is 1. The number of aromatic carboxylic acids is 1. The summed E-state index contributed by atoms with van der Waals surface area (Å²) in [6.07, 6.45) is 6.10. The number of benzene rings is 2. The second kappa shape index (κ2) is 6.78. The number of hydrogen-bond acceptors (Lipinski definition) is 3. The van der Waals surface area contributed by atoms with Gasteiger partial charge in [-0.05, 0) is 30.3 Å². The molecule has 0 spiro atoms. The summed E-state index contributed by atoms with van der Waals surface area (Å²) < 4.78 is 16.4. The van der Waals surface area contributed by atoms with Gasteiger partial charge in [0.25, 0.3) is 0 Å². The van der Waals surface area contributed by atoms with Crippen molar-refractivity contribution in [3.05, 3.63) is 82.2 Å². The van der Waals surface area contributed by atoms with Gasteiger partial charge in [-0.2, -0.15) is 0 Å². The van der Waals surface area contributed by atoms with E-state index in [1.54, 1.807) is 34.9 Å². The second-order valence-electron chi connectivity index (χ2n) is 6.34. The van der Waals surface area contributed by atoms with Crippen LogP contribution in [0.4, 0.5) is 4.39 Å². The third kappa shape index (κ3) is 2.69. The third-order valence-electron chi connectivity index (χ3n) is 4.74. The molecule has 0 unspecified atom stereocenters. The fourth-order valence-corrected chi connectivity index (χ4v) is 3.48. The number of imidazole rings is 1. The Morgan fingerprint density at radius 1 is 1.29 bits per heavy atom. The van der Waals surface area contributed by atoms with Crippen LogP contribution in [0.25, 0.3) is 5.69 Å². The summed E-state index contributed by atoms with van der Waals surface area (Å²) in [6.45, 7) is 1.97. The largest absolute Gasteiger partial charge is 0.476 e. The normalized spacial score (nSPS) is 12.4.